The summed E-state index contributed by atoms with van der Waals surface area (Å²) in [5.41, 5.74) is 0.376. The SMILES string of the molecule is Cc1cccc(OCC(=O)N2CC(C)(O)C2)c1. The van der Waals surface area contributed by atoms with Gasteiger partial charge in [0.1, 0.15) is 5.75 Å². The van der Waals surface area contributed by atoms with Crippen molar-refractivity contribution in [1.29, 1.82) is 0 Å². The molecule has 1 saturated heterocycles. The van der Waals surface area contributed by atoms with Gasteiger partial charge in [-0.3, -0.25) is 4.79 Å². The van der Waals surface area contributed by atoms with Crippen LogP contribution in [-0.2, 0) is 4.79 Å². The lowest BCUT2D eigenvalue weighted by atomic mass is 9.97. The maximum absolute atomic E-state index is 11.7. The van der Waals surface area contributed by atoms with Gasteiger partial charge in [0.05, 0.1) is 18.7 Å². The van der Waals surface area contributed by atoms with Crippen molar-refractivity contribution in [1.82, 2.24) is 4.90 Å². The molecule has 0 aliphatic carbocycles. The first-order valence-electron chi connectivity index (χ1n) is 5.66. The molecule has 1 aromatic rings. The number of rotatable bonds is 3. The van der Waals surface area contributed by atoms with Crippen molar-refractivity contribution in [2.45, 2.75) is 19.4 Å². The first-order chi connectivity index (χ1) is 7.96. The van der Waals surface area contributed by atoms with Crippen LogP contribution in [0.25, 0.3) is 0 Å². The quantitative estimate of drug-likeness (QED) is 0.849. The highest BCUT2D eigenvalue weighted by molar-refractivity contribution is 5.78. The fourth-order valence-corrected chi connectivity index (χ4v) is 1.89. The van der Waals surface area contributed by atoms with Crippen molar-refractivity contribution in [3.05, 3.63) is 29.8 Å². The number of ether oxygens (including phenoxy) is 1. The minimum absolute atomic E-state index is 0.0273. The Bertz CT molecular complexity index is 420. The number of aliphatic hydroxyl groups is 1. The highest BCUT2D eigenvalue weighted by atomic mass is 16.5. The summed E-state index contributed by atoms with van der Waals surface area (Å²) in [6.45, 7) is 4.51. The van der Waals surface area contributed by atoms with E-state index in [0.717, 1.165) is 5.56 Å². The number of hydrogen-bond donors (Lipinski definition) is 1. The molecule has 4 heteroatoms. The summed E-state index contributed by atoms with van der Waals surface area (Å²) in [5.74, 6) is 0.615. The second-order valence-electron chi connectivity index (χ2n) is 4.85. The maximum atomic E-state index is 11.7. The molecule has 0 radical (unpaired) electrons. The number of β-amino-alcohol motifs (C(OH)–C–C–N with tert-alkyl or cyclic N) is 1. The van der Waals surface area contributed by atoms with Crippen LogP contribution in [0.2, 0.25) is 0 Å². The van der Waals surface area contributed by atoms with Gasteiger partial charge in [-0.05, 0) is 31.5 Å². The number of carbonyl (C=O) groups excluding carboxylic acids is 1. The highest BCUT2D eigenvalue weighted by Crippen LogP contribution is 2.20. The van der Waals surface area contributed by atoms with Crippen LogP contribution >= 0.6 is 0 Å². The smallest absolute Gasteiger partial charge is 0.260 e. The topological polar surface area (TPSA) is 49.8 Å². The highest BCUT2D eigenvalue weighted by Gasteiger charge is 2.39. The number of benzene rings is 1. The van der Waals surface area contributed by atoms with Gasteiger partial charge < -0.3 is 14.7 Å². The molecule has 1 aromatic carbocycles. The second kappa shape index (κ2) is 4.37. The summed E-state index contributed by atoms with van der Waals surface area (Å²) in [6, 6.07) is 7.58. The molecule has 0 atom stereocenters. The van der Waals surface area contributed by atoms with Crippen molar-refractivity contribution in [2.75, 3.05) is 19.7 Å². The fraction of sp³-hybridized carbons (Fsp3) is 0.462. The Kier molecular flexibility index (Phi) is 3.07. The van der Waals surface area contributed by atoms with Crippen LogP contribution < -0.4 is 4.74 Å². The Balaban J connectivity index is 1.81. The molecule has 1 heterocycles. The standard InChI is InChI=1S/C13H17NO3/c1-10-4-3-5-11(6-10)17-7-12(15)14-8-13(2,16)9-14/h3-6,16H,7-9H2,1-2H3. The van der Waals surface area contributed by atoms with Gasteiger partial charge in [0.2, 0.25) is 0 Å². The van der Waals surface area contributed by atoms with Crippen molar-refractivity contribution in [2.24, 2.45) is 0 Å². The van der Waals surface area contributed by atoms with E-state index >= 15 is 0 Å². The van der Waals surface area contributed by atoms with Gasteiger partial charge in [0, 0.05) is 0 Å². The largest absolute Gasteiger partial charge is 0.484 e. The predicted molar refractivity (Wildman–Crippen MR) is 63.9 cm³/mol. The van der Waals surface area contributed by atoms with E-state index in [1.807, 2.05) is 31.2 Å². The van der Waals surface area contributed by atoms with E-state index in [-0.39, 0.29) is 12.5 Å². The number of hydrogen-bond acceptors (Lipinski definition) is 3. The van der Waals surface area contributed by atoms with E-state index in [2.05, 4.69) is 0 Å². The summed E-state index contributed by atoms with van der Waals surface area (Å²) in [7, 11) is 0. The minimum atomic E-state index is -0.723. The molecule has 1 aliphatic heterocycles. The van der Waals surface area contributed by atoms with E-state index in [1.165, 1.54) is 0 Å². The van der Waals surface area contributed by atoms with Crippen LogP contribution in [0.1, 0.15) is 12.5 Å². The van der Waals surface area contributed by atoms with Crippen molar-refractivity contribution in [3.8, 4) is 5.75 Å². The van der Waals surface area contributed by atoms with Gasteiger partial charge >= 0.3 is 0 Å². The van der Waals surface area contributed by atoms with E-state index in [4.69, 9.17) is 4.74 Å². The zero-order valence-electron chi connectivity index (χ0n) is 10.1. The van der Waals surface area contributed by atoms with Gasteiger partial charge in [-0.1, -0.05) is 12.1 Å². The maximum Gasteiger partial charge on any atom is 0.260 e. The van der Waals surface area contributed by atoms with Crippen LogP contribution in [0.4, 0.5) is 0 Å². The van der Waals surface area contributed by atoms with Gasteiger partial charge in [-0.25, -0.2) is 0 Å². The third-order valence-electron chi connectivity index (χ3n) is 2.77. The Morgan fingerprint density at radius 1 is 1.53 bits per heavy atom. The zero-order valence-corrected chi connectivity index (χ0v) is 10.1. The monoisotopic (exact) mass is 235 g/mol. The molecule has 2 rings (SSSR count). The molecular formula is C13H17NO3. The van der Waals surface area contributed by atoms with E-state index < -0.39 is 5.60 Å². The molecule has 1 N–H and O–H groups in total. The first-order valence-corrected chi connectivity index (χ1v) is 5.66. The second-order valence-corrected chi connectivity index (χ2v) is 4.85. The summed E-state index contributed by atoms with van der Waals surface area (Å²) in [6.07, 6.45) is 0. The average molecular weight is 235 g/mol. The Morgan fingerprint density at radius 3 is 2.82 bits per heavy atom. The average Bonchev–Trinajstić information content (AvgIpc) is 2.22. The molecule has 1 amide bonds. The molecular weight excluding hydrogens is 218 g/mol. The van der Waals surface area contributed by atoms with Crippen molar-refractivity contribution >= 4 is 5.91 Å². The molecule has 1 fully saturated rings. The molecule has 1 aliphatic rings. The van der Waals surface area contributed by atoms with Gasteiger partial charge in [-0.15, -0.1) is 0 Å². The van der Waals surface area contributed by atoms with Gasteiger partial charge in [0.15, 0.2) is 6.61 Å². The van der Waals surface area contributed by atoms with E-state index in [1.54, 1.807) is 11.8 Å². The molecule has 0 unspecified atom stereocenters. The van der Waals surface area contributed by atoms with Crippen LogP contribution in [0.15, 0.2) is 24.3 Å². The Hall–Kier alpha value is -1.55. The summed E-state index contributed by atoms with van der Waals surface area (Å²) < 4.78 is 5.40. The summed E-state index contributed by atoms with van der Waals surface area (Å²) >= 11 is 0. The lowest BCUT2D eigenvalue weighted by Gasteiger charge is -2.43. The lowest BCUT2D eigenvalue weighted by molar-refractivity contribution is -0.154. The molecule has 17 heavy (non-hydrogen) atoms. The Morgan fingerprint density at radius 2 is 2.24 bits per heavy atom. The molecule has 0 aromatic heterocycles. The summed E-state index contributed by atoms with van der Waals surface area (Å²) in [4.78, 5) is 13.3. The number of aryl methyl sites for hydroxylation is 1. The number of nitrogens with zero attached hydrogens (tertiary/aromatic N) is 1. The van der Waals surface area contributed by atoms with Crippen LogP contribution in [0.3, 0.4) is 0 Å². The third kappa shape index (κ3) is 2.97. The normalized spacial score (nSPS) is 17.5. The fourth-order valence-electron chi connectivity index (χ4n) is 1.89. The van der Waals surface area contributed by atoms with Crippen molar-refractivity contribution < 1.29 is 14.6 Å². The molecule has 92 valence electrons. The molecule has 0 spiro atoms. The first kappa shape index (κ1) is 11.9. The van der Waals surface area contributed by atoms with Crippen LogP contribution in [0.5, 0.6) is 5.75 Å². The predicted octanol–water partition coefficient (Wildman–Crippen LogP) is 0.967. The molecule has 0 bridgehead atoms. The third-order valence-corrected chi connectivity index (χ3v) is 2.77. The molecule has 0 saturated carbocycles. The van der Waals surface area contributed by atoms with E-state index in [9.17, 15) is 9.90 Å². The lowest BCUT2D eigenvalue weighted by Crippen LogP contribution is -2.62. The number of likely N-dealkylation sites (tertiary alicyclic amines) is 1. The summed E-state index contributed by atoms with van der Waals surface area (Å²) in [5, 5.41) is 9.52. The molecule has 4 nitrogen and oxygen atoms in total. The van der Waals surface area contributed by atoms with Crippen LogP contribution in [-0.4, -0.2) is 41.2 Å². The Labute approximate surface area is 101 Å². The van der Waals surface area contributed by atoms with Gasteiger partial charge in [0.25, 0.3) is 5.91 Å². The number of amides is 1. The minimum Gasteiger partial charge on any atom is -0.484 e. The van der Waals surface area contributed by atoms with Gasteiger partial charge in [-0.2, -0.15) is 0 Å². The van der Waals surface area contributed by atoms with Crippen molar-refractivity contribution in [3.63, 3.8) is 0 Å². The van der Waals surface area contributed by atoms with Crippen LogP contribution in [0, 0.1) is 6.92 Å². The number of carbonyl (C=O) groups is 1. The zero-order chi connectivity index (χ0) is 12.5. The van der Waals surface area contributed by atoms with E-state index in [0.29, 0.717) is 18.8 Å².